The molecule has 0 saturated carbocycles. The predicted molar refractivity (Wildman–Crippen MR) is 75.8 cm³/mol. The quantitative estimate of drug-likeness (QED) is 0.895. The van der Waals surface area contributed by atoms with Crippen molar-refractivity contribution in [1.82, 2.24) is 24.9 Å². The van der Waals surface area contributed by atoms with E-state index in [1.165, 1.54) is 5.56 Å². The molecule has 2 aromatic heterocycles. The maximum atomic E-state index is 4.40. The van der Waals surface area contributed by atoms with Gasteiger partial charge in [-0.1, -0.05) is 0 Å². The Morgan fingerprint density at radius 3 is 2.68 bits per heavy atom. The summed E-state index contributed by atoms with van der Waals surface area (Å²) in [6.07, 6.45) is 7.82. The summed E-state index contributed by atoms with van der Waals surface area (Å²) in [5.74, 6) is 0. The van der Waals surface area contributed by atoms with Gasteiger partial charge in [0.1, 0.15) is 0 Å². The maximum Gasteiger partial charge on any atom is 0.0560 e. The van der Waals surface area contributed by atoms with Gasteiger partial charge in [0.05, 0.1) is 18.3 Å². The molecule has 0 aromatic carbocycles. The van der Waals surface area contributed by atoms with Crippen LogP contribution in [0.5, 0.6) is 0 Å². The van der Waals surface area contributed by atoms with Gasteiger partial charge in [-0.3, -0.25) is 9.36 Å². The van der Waals surface area contributed by atoms with Gasteiger partial charge < -0.3 is 5.32 Å². The van der Waals surface area contributed by atoms with Crippen molar-refractivity contribution in [2.24, 2.45) is 0 Å². The molecule has 2 rings (SSSR count). The Balaban J connectivity index is 1.83. The summed E-state index contributed by atoms with van der Waals surface area (Å²) >= 11 is 0. The summed E-state index contributed by atoms with van der Waals surface area (Å²) in [6, 6.07) is 2.32. The third kappa shape index (κ3) is 3.92. The fourth-order valence-electron chi connectivity index (χ4n) is 1.86. The first-order valence-electron chi connectivity index (χ1n) is 6.70. The lowest BCUT2D eigenvalue weighted by Gasteiger charge is -2.18. The summed E-state index contributed by atoms with van der Waals surface area (Å²) in [7, 11) is 0. The van der Waals surface area contributed by atoms with Crippen LogP contribution in [0.1, 0.15) is 33.3 Å². The number of nitrogens with one attached hydrogen (secondary N) is 1. The third-order valence-electron chi connectivity index (χ3n) is 3.00. The maximum absolute atomic E-state index is 4.40. The molecule has 1 atom stereocenters. The van der Waals surface area contributed by atoms with Gasteiger partial charge in [-0.25, -0.2) is 0 Å². The molecule has 0 saturated heterocycles. The average molecular weight is 261 g/mol. The minimum atomic E-state index is 0.0406. The van der Waals surface area contributed by atoms with E-state index in [1.54, 1.807) is 6.20 Å². The number of hydrogen-bond acceptors (Lipinski definition) is 3. The Labute approximate surface area is 114 Å². The highest BCUT2D eigenvalue weighted by molar-refractivity contribution is 5.05. The minimum Gasteiger partial charge on any atom is -0.308 e. The Bertz CT molecular complexity index is 492. The largest absolute Gasteiger partial charge is 0.308 e. The summed E-state index contributed by atoms with van der Waals surface area (Å²) in [5.41, 5.74) is 1.25. The first kappa shape index (κ1) is 13.8. The zero-order valence-corrected chi connectivity index (χ0v) is 12.2. The van der Waals surface area contributed by atoms with Gasteiger partial charge in [-0.2, -0.15) is 10.2 Å². The summed E-state index contributed by atoms with van der Waals surface area (Å²) in [4.78, 5) is 0. The van der Waals surface area contributed by atoms with Crippen molar-refractivity contribution >= 4 is 0 Å². The van der Waals surface area contributed by atoms with Gasteiger partial charge in [-0.15, -0.1) is 0 Å². The van der Waals surface area contributed by atoms with Crippen LogP contribution in [-0.2, 0) is 18.6 Å². The van der Waals surface area contributed by atoms with Crippen LogP contribution in [0.4, 0.5) is 0 Å². The van der Waals surface area contributed by atoms with E-state index >= 15 is 0 Å². The monoisotopic (exact) mass is 261 g/mol. The van der Waals surface area contributed by atoms with E-state index in [9.17, 15) is 0 Å². The number of aromatic nitrogens is 4. The predicted octanol–water partition coefficient (Wildman–Crippen LogP) is 2.01. The van der Waals surface area contributed by atoms with E-state index in [2.05, 4.69) is 49.4 Å². The van der Waals surface area contributed by atoms with Crippen molar-refractivity contribution in [1.29, 1.82) is 0 Å². The number of rotatable bonds is 5. The molecule has 0 bridgehead atoms. The van der Waals surface area contributed by atoms with Crippen LogP contribution in [0.2, 0.25) is 0 Å². The minimum absolute atomic E-state index is 0.0406. The molecule has 2 aromatic rings. The highest BCUT2D eigenvalue weighted by atomic mass is 15.3. The zero-order valence-electron chi connectivity index (χ0n) is 12.2. The molecule has 0 fully saturated rings. The van der Waals surface area contributed by atoms with Crippen molar-refractivity contribution in [3.63, 3.8) is 0 Å². The van der Waals surface area contributed by atoms with E-state index < -0.39 is 0 Å². The van der Waals surface area contributed by atoms with Crippen molar-refractivity contribution < 1.29 is 0 Å². The third-order valence-corrected chi connectivity index (χ3v) is 3.00. The molecule has 0 radical (unpaired) electrons. The Hall–Kier alpha value is -1.62. The highest BCUT2D eigenvalue weighted by Gasteiger charge is 2.14. The van der Waals surface area contributed by atoms with Crippen molar-refractivity contribution in [3.8, 4) is 0 Å². The van der Waals surface area contributed by atoms with Crippen LogP contribution in [0.3, 0.4) is 0 Å². The summed E-state index contributed by atoms with van der Waals surface area (Å²) in [5, 5.41) is 12.1. The zero-order chi connectivity index (χ0) is 13.9. The molecule has 19 heavy (non-hydrogen) atoms. The second kappa shape index (κ2) is 5.57. The first-order chi connectivity index (χ1) is 8.95. The van der Waals surface area contributed by atoms with E-state index in [-0.39, 0.29) is 5.54 Å². The topological polar surface area (TPSA) is 47.7 Å². The molecule has 0 aliphatic carbocycles. The first-order valence-corrected chi connectivity index (χ1v) is 6.70. The molecule has 0 spiro atoms. The second-order valence-corrected chi connectivity index (χ2v) is 5.97. The van der Waals surface area contributed by atoms with Gasteiger partial charge in [-0.05, 0) is 33.8 Å². The molecular weight excluding hydrogens is 238 g/mol. The van der Waals surface area contributed by atoms with Gasteiger partial charge in [0, 0.05) is 36.7 Å². The van der Waals surface area contributed by atoms with Crippen molar-refractivity contribution in [2.45, 2.75) is 52.4 Å². The average Bonchev–Trinajstić information content (AvgIpc) is 2.95. The lowest BCUT2D eigenvalue weighted by molar-refractivity contribution is 0.355. The molecule has 104 valence electrons. The van der Waals surface area contributed by atoms with E-state index in [0.717, 1.165) is 13.1 Å². The van der Waals surface area contributed by atoms with Gasteiger partial charge in [0.2, 0.25) is 0 Å². The lowest BCUT2D eigenvalue weighted by Crippen LogP contribution is -2.30. The van der Waals surface area contributed by atoms with Crippen molar-refractivity contribution in [3.05, 3.63) is 36.4 Å². The van der Waals surface area contributed by atoms with E-state index in [1.807, 2.05) is 27.8 Å². The second-order valence-electron chi connectivity index (χ2n) is 5.97. The van der Waals surface area contributed by atoms with Crippen LogP contribution in [-0.4, -0.2) is 25.6 Å². The standard InChI is InChI=1S/C14H23N5/c1-12(10-18-7-5-6-16-18)15-8-13-9-17-19(11-13)14(2,3)4/h5-7,9,11-12,15H,8,10H2,1-4H3/t12-/m0/s1. The molecule has 1 N–H and O–H groups in total. The summed E-state index contributed by atoms with van der Waals surface area (Å²) < 4.78 is 3.94. The molecule has 0 unspecified atom stereocenters. The van der Waals surface area contributed by atoms with Crippen LogP contribution in [0, 0.1) is 0 Å². The SMILES string of the molecule is C[C@@H](Cn1cccn1)NCc1cnn(C(C)(C)C)c1. The lowest BCUT2D eigenvalue weighted by atomic mass is 10.1. The number of nitrogens with zero attached hydrogens (tertiary/aromatic N) is 4. The van der Waals surface area contributed by atoms with Crippen LogP contribution >= 0.6 is 0 Å². The molecule has 5 nitrogen and oxygen atoms in total. The molecule has 0 amide bonds. The normalized spacial score (nSPS) is 13.7. The Kier molecular flexibility index (Phi) is 4.04. The van der Waals surface area contributed by atoms with Crippen LogP contribution in [0.25, 0.3) is 0 Å². The van der Waals surface area contributed by atoms with E-state index in [4.69, 9.17) is 0 Å². The Morgan fingerprint density at radius 1 is 1.32 bits per heavy atom. The van der Waals surface area contributed by atoms with Crippen LogP contribution in [0.15, 0.2) is 30.9 Å². The fourth-order valence-corrected chi connectivity index (χ4v) is 1.86. The molecule has 0 aliphatic heterocycles. The molecule has 0 aliphatic rings. The van der Waals surface area contributed by atoms with Crippen LogP contribution < -0.4 is 5.32 Å². The molecule has 2 heterocycles. The molecule has 5 heteroatoms. The fraction of sp³-hybridized carbons (Fsp3) is 0.571. The Morgan fingerprint density at radius 2 is 2.11 bits per heavy atom. The van der Waals surface area contributed by atoms with E-state index in [0.29, 0.717) is 6.04 Å². The highest BCUT2D eigenvalue weighted by Crippen LogP contribution is 2.13. The molecular formula is C14H23N5. The van der Waals surface area contributed by atoms with Gasteiger partial charge in [0.15, 0.2) is 0 Å². The smallest absolute Gasteiger partial charge is 0.0560 e. The number of hydrogen-bond donors (Lipinski definition) is 1. The van der Waals surface area contributed by atoms with Crippen molar-refractivity contribution in [2.75, 3.05) is 0 Å². The van der Waals surface area contributed by atoms with Gasteiger partial charge >= 0.3 is 0 Å². The summed E-state index contributed by atoms with van der Waals surface area (Å²) in [6.45, 7) is 10.3. The van der Waals surface area contributed by atoms with Gasteiger partial charge in [0.25, 0.3) is 0 Å².